The zero-order chi connectivity index (χ0) is 12.4. The van der Waals surface area contributed by atoms with Gasteiger partial charge in [0.15, 0.2) is 0 Å². The fourth-order valence-electron chi connectivity index (χ4n) is 3.63. The second kappa shape index (κ2) is 5.41. The molecule has 0 bridgehead atoms. The highest BCUT2D eigenvalue weighted by Crippen LogP contribution is 2.36. The normalized spacial score (nSPS) is 32.6. The van der Waals surface area contributed by atoms with E-state index in [0.29, 0.717) is 12.0 Å². The Morgan fingerprint density at radius 1 is 1.06 bits per heavy atom. The van der Waals surface area contributed by atoms with Crippen molar-refractivity contribution in [2.24, 2.45) is 5.92 Å². The van der Waals surface area contributed by atoms with E-state index in [4.69, 9.17) is 0 Å². The summed E-state index contributed by atoms with van der Waals surface area (Å²) in [6, 6.07) is 8.94. The lowest BCUT2D eigenvalue weighted by molar-refractivity contribution is 0.0726. The van der Waals surface area contributed by atoms with E-state index in [1.165, 1.54) is 36.8 Å². The number of hydrogen-bond acceptors (Lipinski definition) is 2. The van der Waals surface area contributed by atoms with Gasteiger partial charge in [0.05, 0.1) is 6.10 Å². The molecule has 1 fully saturated rings. The third-order valence-electron chi connectivity index (χ3n) is 4.63. The molecule has 3 atom stereocenters. The molecule has 0 spiro atoms. The van der Waals surface area contributed by atoms with Gasteiger partial charge in [0.1, 0.15) is 0 Å². The van der Waals surface area contributed by atoms with Crippen molar-refractivity contribution in [2.45, 2.75) is 50.7 Å². The van der Waals surface area contributed by atoms with Crippen LogP contribution in [0.5, 0.6) is 0 Å². The Bertz CT molecular complexity index is 398. The van der Waals surface area contributed by atoms with Crippen molar-refractivity contribution in [3.8, 4) is 0 Å². The molecule has 1 aliphatic heterocycles. The summed E-state index contributed by atoms with van der Waals surface area (Å²) in [6.45, 7) is 1.12. The first kappa shape index (κ1) is 12.2. The average Bonchev–Trinajstić information content (AvgIpc) is 2.60. The minimum Gasteiger partial charge on any atom is -0.388 e. The van der Waals surface area contributed by atoms with Gasteiger partial charge in [-0.25, -0.2) is 0 Å². The van der Waals surface area contributed by atoms with Gasteiger partial charge in [-0.05, 0) is 49.8 Å². The lowest BCUT2D eigenvalue weighted by Crippen LogP contribution is -2.42. The Hall–Kier alpha value is -0.860. The molecule has 98 valence electrons. The van der Waals surface area contributed by atoms with Crippen LogP contribution < -0.4 is 5.32 Å². The Balaban J connectivity index is 1.84. The van der Waals surface area contributed by atoms with Crippen LogP contribution >= 0.6 is 0 Å². The van der Waals surface area contributed by atoms with Gasteiger partial charge in [0.2, 0.25) is 0 Å². The lowest BCUT2D eigenvalue weighted by atomic mass is 9.83. The van der Waals surface area contributed by atoms with Gasteiger partial charge >= 0.3 is 0 Å². The Morgan fingerprint density at radius 3 is 2.78 bits per heavy atom. The standard InChI is InChI=1S/C16H23NO/c18-16-13-8-2-1-6-12(13)7-5-9-14(16)15-10-3-4-11-17-15/h1-2,6,8,14-18H,3-5,7,9-11H2. The minimum atomic E-state index is -0.278. The van der Waals surface area contributed by atoms with E-state index in [9.17, 15) is 5.11 Å². The van der Waals surface area contributed by atoms with E-state index in [1.54, 1.807) is 0 Å². The van der Waals surface area contributed by atoms with Crippen LogP contribution in [-0.4, -0.2) is 17.7 Å². The number of aryl methyl sites for hydroxylation is 1. The molecule has 0 radical (unpaired) electrons. The third kappa shape index (κ3) is 2.32. The topological polar surface area (TPSA) is 32.3 Å². The van der Waals surface area contributed by atoms with Crippen LogP contribution in [0.2, 0.25) is 0 Å². The first-order valence-corrected chi connectivity index (χ1v) is 7.35. The Labute approximate surface area is 109 Å². The molecule has 1 saturated heterocycles. The van der Waals surface area contributed by atoms with Crippen molar-refractivity contribution >= 4 is 0 Å². The zero-order valence-electron chi connectivity index (χ0n) is 10.9. The van der Waals surface area contributed by atoms with Gasteiger partial charge < -0.3 is 10.4 Å². The van der Waals surface area contributed by atoms with Gasteiger partial charge in [-0.3, -0.25) is 0 Å². The van der Waals surface area contributed by atoms with Crippen molar-refractivity contribution in [1.29, 1.82) is 0 Å². The van der Waals surface area contributed by atoms with Crippen molar-refractivity contribution < 1.29 is 5.11 Å². The summed E-state index contributed by atoms with van der Waals surface area (Å²) in [7, 11) is 0. The molecule has 2 aliphatic rings. The van der Waals surface area contributed by atoms with Crippen LogP contribution in [0.25, 0.3) is 0 Å². The molecule has 1 aliphatic carbocycles. The summed E-state index contributed by atoms with van der Waals surface area (Å²) in [6.07, 6.45) is 7.02. The van der Waals surface area contributed by atoms with Crippen LogP contribution in [0.3, 0.4) is 0 Å². The van der Waals surface area contributed by atoms with E-state index < -0.39 is 0 Å². The SMILES string of the molecule is OC1c2ccccc2CCCC1C1CCCCN1. The predicted octanol–water partition coefficient (Wildman–Crippen LogP) is 2.81. The number of hydrogen-bond donors (Lipinski definition) is 2. The number of fused-ring (bicyclic) bond motifs is 1. The largest absolute Gasteiger partial charge is 0.388 e. The lowest BCUT2D eigenvalue weighted by Gasteiger charge is -2.34. The van der Waals surface area contributed by atoms with Crippen molar-refractivity contribution in [3.63, 3.8) is 0 Å². The molecule has 0 saturated carbocycles. The number of aliphatic hydroxyl groups is 1. The number of nitrogens with one attached hydrogen (secondary N) is 1. The van der Waals surface area contributed by atoms with E-state index >= 15 is 0 Å². The second-order valence-corrected chi connectivity index (χ2v) is 5.76. The summed E-state index contributed by atoms with van der Waals surface area (Å²) in [4.78, 5) is 0. The molecular formula is C16H23NO. The maximum Gasteiger partial charge on any atom is 0.0835 e. The van der Waals surface area contributed by atoms with E-state index in [1.807, 2.05) is 0 Å². The number of aliphatic hydroxyl groups excluding tert-OH is 1. The van der Waals surface area contributed by atoms with Crippen LogP contribution in [-0.2, 0) is 6.42 Å². The van der Waals surface area contributed by atoms with E-state index in [2.05, 4.69) is 29.6 Å². The van der Waals surface area contributed by atoms with Crippen molar-refractivity contribution in [3.05, 3.63) is 35.4 Å². The molecule has 1 heterocycles. The van der Waals surface area contributed by atoms with Crippen molar-refractivity contribution in [2.75, 3.05) is 6.54 Å². The van der Waals surface area contributed by atoms with Gasteiger partial charge in [0.25, 0.3) is 0 Å². The maximum absolute atomic E-state index is 10.7. The maximum atomic E-state index is 10.7. The molecule has 2 N–H and O–H groups in total. The smallest absolute Gasteiger partial charge is 0.0835 e. The summed E-state index contributed by atoms with van der Waals surface area (Å²) in [5.41, 5.74) is 2.52. The fraction of sp³-hybridized carbons (Fsp3) is 0.625. The second-order valence-electron chi connectivity index (χ2n) is 5.76. The molecule has 0 aromatic heterocycles. The first-order valence-electron chi connectivity index (χ1n) is 7.35. The molecule has 1 aromatic carbocycles. The molecule has 2 nitrogen and oxygen atoms in total. The molecule has 1 aromatic rings. The number of rotatable bonds is 1. The predicted molar refractivity (Wildman–Crippen MR) is 73.5 cm³/mol. The van der Waals surface area contributed by atoms with Gasteiger partial charge in [-0.2, -0.15) is 0 Å². The summed E-state index contributed by atoms with van der Waals surface area (Å²) < 4.78 is 0. The highest BCUT2D eigenvalue weighted by molar-refractivity contribution is 5.31. The summed E-state index contributed by atoms with van der Waals surface area (Å²) >= 11 is 0. The van der Waals surface area contributed by atoms with Gasteiger partial charge in [0, 0.05) is 12.0 Å². The monoisotopic (exact) mass is 245 g/mol. The Morgan fingerprint density at radius 2 is 1.94 bits per heavy atom. The van der Waals surface area contributed by atoms with Crippen LogP contribution in [0.4, 0.5) is 0 Å². The van der Waals surface area contributed by atoms with E-state index in [0.717, 1.165) is 19.4 Å². The molecular weight excluding hydrogens is 222 g/mol. The number of piperidine rings is 1. The molecule has 0 amide bonds. The summed E-state index contributed by atoms with van der Waals surface area (Å²) in [5.74, 6) is 0.397. The van der Waals surface area contributed by atoms with Crippen LogP contribution in [0.1, 0.15) is 49.3 Å². The van der Waals surface area contributed by atoms with Crippen LogP contribution in [0.15, 0.2) is 24.3 Å². The molecule has 3 unspecified atom stereocenters. The third-order valence-corrected chi connectivity index (χ3v) is 4.63. The quantitative estimate of drug-likeness (QED) is 0.746. The molecule has 18 heavy (non-hydrogen) atoms. The number of benzene rings is 1. The van der Waals surface area contributed by atoms with Gasteiger partial charge in [-0.15, -0.1) is 0 Å². The highest BCUT2D eigenvalue weighted by atomic mass is 16.3. The average molecular weight is 245 g/mol. The van der Waals surface area contributed by atoms with Crippen molar-refractivity contribution in [1.82, 2.24) is 5.32 Å². The minimum absolute atomic E-state index is 0.278. The summed E-state index contributed by atoms with van der Waals surface area (Å²) in [5, 5.41) is 14.3. The Kier molecular flexibility index (Phi) is 3.67. The first-order chi connectivity index (χ1) is 8.86. The van der Waals surface area contributed by atoms with E-state index in [-0.39, 0.29) is 6.10 Å². The zero-order valence-corrected chi connectivity index (χ0v) is 10.9. The highest BCUT2D eigenvalue weighted by Gasteiger charge is 2.32. The molecule has 2 heteroatoms. The fourth-order valence-corrected chi connectivity index (χ4v) is 3.63. The van der Waals surface area contributed by atoms with Gasteiger partial charge in [-0.1, -0.05) is 30.7 Å². The van der Waals surface area contributed by atoms with Crippen LogP contribution in [0, 0.1) is 5.92 Å². The molecule has 3 rings (SSSR count).